The van der Waals surface area contributed by atoms with Crippen LogP contribution in [0.5, 0.6) is 0 Å². The maximum atomic E-state index is 8.31. The van der Waals surface area contributed by atoms with Gasteiger partial charge in [-0.05, 0) is 115 Å². The molecule has 3 heterocycles. The maximum absolute atomic E-state index is 8.31. The summed E-state index contributed by atoms with van der Waals surface area (Å²) in [7, 11) is -1.07. The average Bonchev–Trinajstić information content (AvgIpc) is 3.37. The number of nitrogens with zero attached hydrogens (tertiary/aromatic N) is 4. The SMILES string of the molecule is Brc1ccnc(Br)n1.C.[2H]c1c([2H])c([2H])c2c(-c3ccnc(Br)n3)c([2H])c([2H])c([2H])c2c1[2H].[2H]c1c([2H])c([2H])c2c(B3OC(C)(C)C(C)(C)O3)c([2H])c([2H])c([2H])c2c1[2H]. The van der Waals surface area contributed by atoms with Crippen LogP contribution in [-0.4, -0.2) is 38.3 Å². The van der Waals surface area contributed by atoms with Crippen molar-refractivity contribution < 1.29 is 28.5 Å². The third-order valence-corrected chi connectivity index (χ3v) is 7.82. The number of hydrogen-bond acceptors (Lipinski definition) is 6. The predicted octanol–water partition coefficient (Wildman–Crippen LogP) is 9.84. The summed E-state index contributed by atoms with van der Waals surface area (Å²) in [4.78, 5) is 15.7. The van der Waals surface area contributed by atoms with Crippen LogP contribution in [0.25, 0.3) is 32.8 Å². The Bertz CT molecular complexity index is 2610. The lowest BCUT2D eigenvalue weighted by atomic mass is 9.76. The van der Waals surface area contributed by atoms with Gasteiger partial charge in [-0.1, -0.05) is 92.0 Å². The smallest absolute Gasteiger partial charge is 0.399 e. The van der Waals surface area contributed by atoms with Gasteiger partial charge in [-0.25, -0.2) is 19.9 Å². The predicted molar refractivity (Wildman–Crippen MR) is 197 cm³/mol. The molecule has 10 heteroatoms. The highest BCUT2D eigenvalue weighted by Crippen LogP contribution is 2.37. The van der Waals surface area contributed by atoms with E-state index in [0.29, 0.717) is 4.73 Å². The molecule has 45 heavy (non-hydrogen) atoms. The Morgan fingerprint density at radius 2 is 1.16 bits per heavy atom. The standard InChI is InChI=1S/C16H19BO2.C14H9BrN2.C4H2Br2N2.CH4/c1-15(2)16(3,4)19-17(18-15)14-11-7-9-12-8-5-6-10-13(12)14;15-14-16-9-8-13(17-14)12-7-3-5-10-4-1-2-6-11(10)12;5-3-1-2-7-4(6)8-3;/h5-11H,1-4H3;1-9H;1-2H;1H4/i5D,6D,7D,8D,9D,10D,11D;1D,2D,3D,4D,5D,6D,7D;;. The van der Waals surface area contributed by atoms with Crippen molar-refractivity contribution in [1.29, 1.82) is 0 Å². The maximum Gasteiger partial charge on any atom is 0.495 e. The molecule has 0 unspecified atom stereocenters. The quantitative estimate of drug-likeness (QED) is 0.0987. The summed E-state index contributed by atoms with van der Waals surface area (Å²) in [5, 5.41) is -0.174. The topological polar surface area (TPSA) is 70.0 Å². The van der Waals surface area contributed by atoms with E-state index in [1.165, 1.54) is 12.3 Å². The van der Waals surface area contributed by atoms with Gasteiger partial charge in [0.25, 0.3) is 0 Å². The monoisotopic (exact) mass is 804 g/mol. The summed E-state index contributed by atoms with van der Waals surface area (Å²) in [5.41, 5.74) is -1.05. The number of benzene rings is 4. The van der Waals surface area contributed by atoms with Crippen LogP contribution >= 0.6 is 47.8 Å². The van der Waals surface area contributed by atoms with E-state index in [2.05, 4.69) is 67.7 Å². The lowest BCUT2D eigenvalue weighted by Crippen LogP contribution is -2.41. The molecule has 230 valence electrons. The van der Waals surface area contributed by atoms with Crippen LogP contribution in [0.1, 0.15) is 54.3 Å². The number of aromatic nitrogens is 4. The Labute approximate surface area is 310 Å². The van der Waals surface area contributed by atoms with E-state index >= 15 is 0 Å². The Hall–Kier alpha value is -3.02. The van der Waals surface area contributed by atoms with Gasteiger partial charge in [0.05, 0.1) is 36.1 Å². The van der Waals surface area contributed by atoms with Crippen LogP contribution in [0.15, 0.2) is 123 Å². The van der Waals surface area contributed by atoms with Gasteiger partial charge in [0.2, 0.25) is 0 Å². The normalized spacial score (nSPS) is 18.9. The summed E-state index contributed by atoms with van der Waals surface area (Å²) in [6, 6.07) is -2.46. The molecule has 0 spiro atoms. The van der Waals surface area contributed by atoms with Crippen LogP contribution < -0.4 is 5.46 Å². The Morgan fingerprint density at radius 3 is 1.73 bits per heavy atom. The first-order valence-electron chi connectivity index (χ1n) is 19.8. The molecule has 0 bridgehead atoms. The third kappa shape index (κ3) is 8.43. The molecular weight excluding hydrogens is 759 g/mol. The Balaban J connectivity index is 0.000000217. The van der Waals surface area contributed by atoms with E-state index < -0.39 is 78.7 Å². The lowest BCUT2D eigenvalue weighted by molar-refractivity contribution is 0.00578. The van der Waals surface area contributed by atoms with Crippen LogP contribution in [0.4, 0.5) is 0 Å². The first-order valence-corrected chi connectivity index (χ1v) is 15.2. The minimum Gasteiger partial charge on any atom is -0.399 e. The lowest BCUT2D eigenvalue weighted by Gasteiger charge is -2.32. The van der Waals surface area contributed by atoms with E-state index in [0.717, 1.165) is 4.60 Å². The van der Waals surface area contributed by atoms with Gasteiger partial charge in [0, 0.05) is 18.0 Å². The zero-order valence-electron chi connectivity index (χ0n) is 37.6. The summed E-state index contributed by atoms with van der Waals surface area (Å²) in [6.07, 6.45) is 3.10. The van der Waals surface area contributed by atoms with Crippen molar-refractivity contribution in [2.45, 2.75) is 46.3 Å². The van der Waals surface area contributed by atoms with E-state index in [1.807, 2.05) is 27.7 Å². The van der Waals surface area contributed by atoms with Gasteiger partial charge in [-0.15, -0.1) is 0 Å². The van der Waals surface area contributed by atoms with Crippen molar-refractivity contribution in [3.63, 3.8) is 0 Å². The van der Waals surface area contributed by atoms with Crippen LogP contribution in [0.3, 0.4) is 0 Å². The third-order valence-electron chi connectivity index (χ3n) is 6.62. The van der Waals surface area contributed by atoms with Crippen LogP contribution in [0, 0.1) is 0 Å². The van der Waals surface area contributed by atoms with E-state index in [4.69, 9.17) is 28.5 Å². The second-order valence-corrected chi connectivity index (χ2v) is 12.2. The molecule has 1 aliphatic heterocycles. The van der Waals surface area contributed by atoms with Gasteiger partial charge in [0.15, 0.2) is 9.47 Å². The summed E-state index contributed by atoms with van der Waals surface area (Å²) in [6.45, 7) is 7.31. The van der Waals surface area contributed by atoms with Crippen molar-refractivity contribution in [3.05, 3.63) is 123 Å². The zero-order chi connectivity index (χ0) is 43.5. The fourth-order valence-electron chi connectivity index (χ4n) is 3.76. The molecule has 0 N–H and O–H groups in total. The summed E-state index contributed by atoms with van der Waals surface area (Å²) in [5.74, 6) is 0. The molecule has 4 aromatic carbocycles. The van der Waals surface area contributed by atoms with Gasteiger partial charge in [-0.2, -0.15) is 0 Å². The van der Waals surface area contributed by atoms with Gasteiger partial charge in [-0.3, -0.25) is 0 Å². The van der Waals surface area contributed by atoms with E-state index in [1.54, 1.807) is 12.3 Å². The minimum atomic E-state index is -1.07. The Kier molecular flexibility index (Phi) is 6.78. The fraction of sp³-hybridized carbons (Fsp3) is 0.200. The van der Waals surface area contributed by atoms with Gasteiger partial charge in [0.1, 0.15) is 4.60 Å². The highest BCUT2D eigenvalue weighted by Gasteiger charge is 2.52. The van der Waals surface area contributed by atoms with Crippen molar-refractivity contribution in [3.8, 4) is 11.3 Å². The molecule has 1 saturated heterocycles. The molecule has 0 saturated carbocycles. The molecule has 6 nitrogen and oxygen atoms in total. The zero-order valence-corrected chi connectivity index (χ0v) is 28.4. The molecule has 0 radical (unpaired) electrons. The first kappa shape index (κ1) is 20.3. The van der Waals surface area contributed by atoms with Crippen molar-refractivity contribution >= 4 is 81.9 Å². The number of hydrogen-bond donors (Lipinski definition) is 0. The Morgan fingerprint density at radius 1 is 0.644 bits per heavy atom. The van der Waals surface area contributed by atoms with Crippen molar-refractivity contribution in [1.82, 2.24) is 19.9 Å². The second-order valence-electron chi connectivity index (χ2n) is 9.99. The second kappa shape index (κ2) is 15.0. The highest BCUT2D eigenvalue weighted by atomic mass is 79.9. The molecule has 0 amide bonds. The minimum absolute atomic E-state index is 0. The summed E-state index contributed by atoms with van der Waals surface area (Å²) < 4.78 is 126. The molecule has 6 aromatic rings. The number of fused-ring (bicyclic) bond motifs is 2. The van der Waals surface area contributed by atoms with Crippen molar-refractivity contribution in [2.24, 2.45) is 0 Å². The van der Waals surface area contributed by atoms with E-state index in [9.17, 15) is 0 Å². The average molecular weight is 807 g/mol. The van der Waals surface area contributed by atoms with Gasteiger partial charge >= 0.3 is 7.12 Å². The molecule has 1 fully saturated rings. The first-order chi connectivity index (χ1) is 26.9. The number of halogens is 3. The molecule has 0 aliphatic carbocycles. The molecule has 0 atom stereocenters. The largest absolute Gasteiger partial charge is 0.495 e. The molecule has 2 aromatic heterocycles. The molecular formula is C35H34BBr3N4O2. The number of rotatable bonds is 2. The van der Waals surface area contributed by atoms with Gasteiger partial charge < -0.3 is 9.31 Å². The highest BCUT2D eigenvalue weighted by molar-refractivity contribution is 9.11. The van der Waals surface area contributed by atoms with Crippen molar-refractivity contribution in [2.75, 3.05) is 0 Å². The summed E-state index contributed by atoms with van der Waals surface area (Å²) >= 11 is 9.41. The fourth-order valence-corrected chi connectivity index (χ4v) is 4.91. The molecule has 1 aliphatic rings. The molecule has 7 rings (SSSR count). The van der Waals surface area contributed by atoms with E-state index in [-0.39, 0.29) is 74.6 Å². The van der Waals surface area contributed by atoms with Crippen LogP contribution in [-0.2, 0) is 9.31 Å². The van der Waals surface area contributed by atoms with Crippen LogP contribution in [0.2, 0.25) is 0 Å².